The number of halogens is 1. The molecule has 2 heterocycles. The van der Waals surface area contributed by atoms with Crippen molar-refractivity contribution in [1.82, 2.24) is 4.98 Å². The molecule has 1 aromatic heterocycles. The van der Waals surface area contributed by atoms with Gasteiger partial charge in [0.2, 0.25) is 5.91 Å². The molecule has 0 aliphatic carbocycles. The average molecular weight is 277 g/mol. The highest BCUT2D eigenvalue weighted by atomic mass is 35.5. The van der Waals surface area contributed by atoms with Gasteiger partial charge in [-0.3, -0.25) is 9.69 Å². The van der Waals surface area contributed by atoms with E-state index in [2.05, 4.69) is 10.9 Å². The molecule has 1 atom stereocenters. The minimum absolute atomic E-state index is 0.0139. The normalized spacial score (nSPS) is 19.4. The molecule has 1 fully saturated rings. The van der Waals surface area contributed by atoms with Crippen molar-refractivity contribution in [2.75, 3.05) is 11.4 Å². The quantitative estimate of drug-likeness (QED) is 0.751. The summed E-state index contributed by atoms with van der Waals surface area (Å²) in [7, 11) is 0. The first-order valence-electron chi connectivity index (χ1n) is 5.50. The molecule has 1 unspecified atom stereocenters. The van der Waals surface area contributed by atoms with Crippen molar-refractivity contribution in [1.29, 1.82) is 0 Å². The summed E-state index contributed by atoms with van der Waals surface area (Å²) in [6, 6.07) is 5.62. The van der Waals surface area contributed by atoms with E-state index in [4.69, 9.17) is 18.0 Å². The molecule has 1 amide bonds. The van der Waals surface area contributed by atoms with Crippen LogP contribution < -0.4 is 4.90 Å². The molecule has 0 N–H and O–H groups in total. The average Bonchev–Trinajstić information content (AvgIpc) is 2.93. The lowest BCUT2D eigenvalue weighted by atomic mass is 10.1. The summed E-state index contributed by atoms with van der Waals surface area (Å²) in [5.74, 6) is 2.65. The van der Waals surface area contributed by atoms with Crippen LogP contribution in [0.4, 0.5) is 5.13 Å². The molecule has 0 spiro atoms. The van der Waals surface area contributed by atoms with Crippen LogP contribution in [0.15, 0.2) is 18.2 Å². The van der Waals surface area contributed by atoms with Crippen LogP contribution in [0.25, 0.3) is 10.2 Å². The van der Waals surface area contributed by atoms with Gasteiger partial charge in [-0.25, -0.2) is 4.98 Å². The van der Waals surface area contributed by atoms with Crippen LogP contribution in [0, 0.1) is 18.3 Å². The number of anilines is 1. The van der Waals surface area contributed by atoms with E-state index in [-0.39, 0.29) is 11.8 Å². The second-order valence-corrected chi connectivity index (χ2v) is 5.57. The first-order valence-corrected chi connectivity index (χ1v) is 6.70. The minimum atomic E-state index is -0.0139. The number of carbonyl (C=O) groups excluding carboxylic acids is 1. The van der Waals surface area contributed by atoms with Gasteiger partial charge in [0.1, 0.15) is 5.52 Å². The molecule has 18 heavy (non-hydrogen) atoms. The Bertz CT molecular complexity index is 673. The van der Waals surface area contributed by atoms with Crippen molar-refractivity contribution in [2.45, 2.75) is 6.42 Å². The number of nitrogens with zero attached hydrogens (tertiary/aromatic N) is 2. The van der Waals surface area contributed by atoms with E-state index >= 15 is 0 Å². The first kappa shape index (κ1) is 11.5. The van der Waals surface area contributed by atoms with E-state index in [1.807, 2.05) is 12.1 Å². The number of rotatable bonds is 1. The number of aromatic nitrogens is 1. The molecule has 0 saturated carbocycles. The first-order chi connectivity index (χ1) is 8.69. The number of para-hydroxylation sites is 1. The maximum absolute atomic E-state index is 11.9. The third-order valence-electron chi connectivity index (χ3n) is 2.95. The standard InChI is InChI=1S/C13H9ClN2OS/c1-2-8-6-11(17)16(7-8)13-15-12-9(14)4-3-5-10(12)18-13/h1,3-5,8H,6-7H2. The Hall–Kier alpha value is -1.57. The second kappa shape index (κ2) is 4.27. The predicted molar refractivity (Wildman–Crippen MR) is 73.9 cm³/mol. The maximum atomic E-state index is 11.9. The molecular formula is C13H9ClN2OS. The Labute approximate surface area is 113 Å². The zero-order chi connectivity index (χ0) is 12.7. The number of carbonyl (C=O) groups is 1. The summed E-state index contributed by atoms with van der Waals surface area (Å²) in [5.41, 5.74) is 0.746. The van der Waals surface area contributed by atoms with Gasteiger partial charge in [-0.05, 0) is 12.1 Å². The molecule has 2 aromatic rings. The zero-order valence-corrected chi connectivity index (χ0v) is 11.0. The highest BCUT2D eigenvalue weighted by Gasteiger charge is 2.31. The van der Waals surface area contributed by atoms with E-state index in [0.29, 0.717) is 23.1 Å². The molecule has 5 heteroatoms. The van der Waals surface area contributed by atoms with Gasteiger partial charge in [0.05, 0.1) is 9.72 Å². The highest BCUT2D eigenvalue weighted by molar-refractivity contribution is 7.22. The Kier molecular flexibility index (Phi) is 2.73. The zero-order valence-electron chi connectivity index (χ0n) is 9.39. The van der Waals surface area contributed by atoms with Gasteiger partial charge < -0.3 is 0 Å². The van der Waals surface area contributed by atoms with Crippen LogP contribution in [0.2, 0.25) is 5.02 Å². The Balaban J connectivity index is 2.03. The number of fused-ring (bicyclic) bond motifs is 1. The third-order valence-corrected chi connectivity index (χ3v) is 4.30. The molecular weight excluding hydrogens is 268 g/mol. The van der Waals surface area contributed by atoms with Gasteiger partial charge in [-0.2, -0.15) is 0 Å². The SMILES string of the molecule is C#CC1CC(=O)N(c2nc3c(Cl)cccc3s2)C1. The topological polar surface area (TPSA) is 33.2 Å². The van der Waals surface area contributed by atoms with Crippen molar-refractivity contribution >= 4 is 44.2 Å². The Morgan fingerprint density at radius 2 is 2.39 bits per heavy atom. The summed E-state index contributed by atoms with van der Waals surface area (Å²) in [4.78, 5) is 18.0. The Morgan fingerprint density at radius 3 is 3.06 bits per heavy atom. The van der Waals surface area contributed by atoms with Gasteiger partial charge in [0.25, 0.3) is 0 Å². The number of hydrogen-bond donors (Lipinski definition) is 0. The largest absolute Gasteiger partial charge is 0.287 e. The van der Waals surface area contributed by atoms with Gasteiger partial charge in [-0.15, -0.1) is 12.3 Å². The molecule has 0 bridgehead atoms. The van der Waals surface area contributed by atoms with Crippen LogP contribution in [-0.4, -0.2) is 17.4 Å². The molecule has 0 radical (unpaired) electrons. The van der Waals surface area contributed by atoms with Crippen LogP contribution in [-0.2, 0) is 4.79 Å². The monoisotopic (exact) mass is 276 g/mol. The fourth-order valence-electron chi connectivity index (χ4n) is 2.02. The minimum Gasteiger partial charge on any atom is -0.287 e. The maximum Gasteiger partial charge on any atom is 0.230 e. The van der Waals surface area contributed by atoms with Crippen molar-refractivity contribution in [3.05, 3.63) is 23.2 Å². The predicted octanol–water partition coefficient (Wildman–Crippen LogP) is 2.94. The fraction of sp³-hybridized carbons (Fsp3) is 0.231. The lowest BCUT2D eigenvalue weighted by molar-refractivity contribution is -0.117. The van der Waals surface area contributed by atoms with E-state index in [1.54, 1.807) is 11.0 Å². The summed E-state index contributed by atoms with van der Waals surface area (Å²) < 4.78 is 0.981. The van der Waals surface area contributed by atoms with Crippen LogP contribution in [0.3, 0.4) is 0 Å². The smallest absolute Gasteiger partial charge is 0.230 e. The molecule has 1 saturated heterocycles. The van der Waals surface area contributed by atoms with Crippen molar-refractivity contribution in [2.24, 2.45) is 5.92 Å². The van der Waals surface area contributed by atoms with Crippen LogP contribution in [0.1, 0.15) is 6.42 Å². The van der Waals surface area contributed by atoms with Crippen LogP contribution >= 0.6 is 22.9 Å². The van der Waals surface area contributed by atoms with Crippen molar-refractivity contribution < 1.29 is 4.79 Å². The van der Waals surface area contributed by atoms with Crippen LogP contribution in [0.5, 0.6) is 0 Å². The van der Waals surface area contributed by atoms with E-state index in [1.165, 1.54) is 11.3 Å². The van der Waals surface area contributed by atoms with Crippen molar-refractivity contribution in [3.63, 3.8) is 0 Å². The molecule has 1 aliphatic heterocycles. The van der Waals surface area contributed by atoms with Crippen molar-refractivity contribution in [3.8, 4) is 12.3 Å². The van der Waals surface area contributed by atoms with E-state index in [9.17, 15) is 4.79 Å². The summed E-state index contributed by atoms with van der Waals surface area (Å²) in [6.45, 7) is 0.548. The molecule has 1 aromatic carbocycles. The number of benzene rings is 1. The highest BCUT2D eigenvalue weighted by Crippen LogP contribution is 2.35. The molecule has 1 aliphatic rings. The third kappa shape index (κ3) is 1.76. The lowest BCUT2D eigenvalue weighted by Crippen LogP contribution is -2.24. The van der Waals surface area contributed by atoms with E-state index in [0.717, 1.165) is 10.2 Å². The van der Waals surface area contributed by atoms with Gasteiger partial charge in [-0.1, -0.05) is 29.0 Å². The van der Waals surface area contributed by atoms with Gasteiger partial charge in [0, 0.05) is 18.9 Å². The fourth-order valence-corrected chi connectivity index (χ4v) is 3.31. The number of thiazole rings is 1. The Morgan fingerprint density at radius 1 is 1.56 bits per heavy atom. The van der Waals surface area contributed by atoms with Gasteiger partial charge in [0.15, 0.2) is 5.13 Å². The molecule has 3 nitrogen and oxygen atoms in total. The number of amides is 1. The summed E-state index contributed by atoms with van der Waals surface area (Å²) in [5, 5.41) is 1.29. The van der Waals surface area contributed by atoms with E-state index < -0.39 is 0 Å². The molecule has 3 rings (SSSR count). The lowest BCUT2D eigenvalue weighted by Gasteiger charge is -2.10. The summed E-state index contributed by atoms with van der Waals surface area (Å²) >= 11 is 7.54. The summed E-state index contributed by atoms with van der Waals surface area (Å²) in [6.07, 6.45) is 5.77. The number of hydrogen-bond acceptors (Lipinski definition) is 3. The second-order valence-electron chi connectivity index (χ2n) is 4.16. The van der Waals surface area contributed by atoms with Gasteiger partial charge >= 0.3 is 0 Å². The number of terminal acetylenes is 1. The molecule has 90 valence electrons.